The molecule has 0 radical (unpaired) electrons. The van der Waals surface area contributed by atoms with Crippen molar-refractivity contribution in [3.8, 4) is 5.75 Å². The number of benzene rings is 2. The average molecular weight is 377 g/mol. The van der Waals surface area contributed by atoms with Crippen molar-refractivity contribution in [3.63, 3.8) is 0 Å². The predicted octanol–water partition coefficient (Wildman–Crippen LogP) is 2.70. The number of halogens is 3. The molecule has 0 heterocycles. The van der Waals surface area contributed by atoms with Crippen LogP contribution in [0.5, 0.6) is 5.75 Å². The molecule has 2 aromatic rings. The first kappa shape index (κ1) is 19.0. The van der Waals surface area contributed by atoms with Gasteiger partial charge in [0, 0.05) is 29.5 Å². The third-order valence-electron chi connectivity index (χ3n) is 4.74. The Bertz CT molecular complexity index is 899. The highest BCUT2D eigenvalue weighted by Crippen LogP contribution is 2.33. The lowest BCUT2D eigenvalue weighted by Gasteiger charge is -2.27. The highest BCUT2D eigenvalue weighted by atomic mass is 19.2. The van der Waals surface area contributed by atoms with Crippen LogP contribution in [0.3, 0.4) is 0 Å². The number of carbonyl (C=O) groups is 1. The van der Waals surface area contributed by atoms with Crippen LogP contribution in [0.15, 0.2) is 48.0 Å². The number of carbonyl (C=O) groups excluding carboxylic acids is 1. The van der Waals surface area contributed by atoms with Gasteiger partial charge < -0.3 is 16.2 Å². The molecule has 0 saturated heterocycles. The Balaban J connectivity index is 1.68. The van der Waals surface area contributed by atoms with E-state index < -0.39 is 23.4 Å². The van der Waals surface area contributed by atoms with Gasteiger partial charge >= 0.3 is 0 Å². The van der Waals surface area contributed by atoms with E-state index in [9.17, 15) is 18.0 Å². The first-order chi connectivity index (χ1) is 12.8. The first-order valence-corrected chi connectivity index (χ1v) is 8.53. The Morgan fingerprint density at radius 3 is 2.59 bits per heavy atom. The molecule has 2 atom stereocenters. The lowest BCUT2D eigenvalue weighted by atomic mass is 9.81. The number of amides is 1. The minimum absolute atomic E-state index is 0.138. The van der Waals surface area contributed by atoms with Gasteiger partial charge in [-0.05, 0) is 36.3 Å². The van der Waals surface area contributed by atoms with Crippen LogP contribution >= 0.6 is 0 Å². The fraction of sp³-hybridized carbons (Fsp3) is 0.250. The monoisotopic (exact) mass is 377 g/mol. The van der Waals surface area contributed by atoms with Crippen molar-refractivity contribution in [1.29, 1.82) is 0 Å². The second-order valence-corrected chi connectivity index (χ2v) is 6.64. The van der Waals surface area contributed by atoms with E-state index in [2.05, 4.69) is 5.73 Å². The summed E-state index contributed by atoms with van der Waals surface area (Å²) in [6.07, 6.45) is 2.90. The number of rotatable bonds is 5. The molecule has 7 heteroatoms. The molecule has 1 aliphatic rings. The van der Waals surface area contributed by atoms with E-state index in [4.69, 9.17) is 10.5 Å². The molecule has 0 fully saturated rings. The largest absolute Gasteiger partial charge is 0.489 e. The van der Waals surface area contributed by atoms with Crippen molar-refractivity contribution >= 4 is 5.91 Å². The first-order valence-electron chi connectivity index (χ1n) is 8.53. The van der Waals surface area contributed by atoms with Crippen LogP contribution in [0.1, 0.15) is 34.7 Å². The molecule has 0 aliphatic heterocycles. The second kappa shape index (κ2) is 7.84. The second-order valence-electron chi connectivity index (χ2n) is 6.64. The van der Waals surface area contributed by atoms with E-state index in [-0.39, 0.29) is 17.5 Å². The minimum atomic E-state index is -1.20. The summed E-state index contributed by atoms with van der Waals surface area (Å²) < 4.78 is 46.4. The number of quaternary nitrogens is 1. The SMILES string of the molecule is NC(=O)c1cccc(OCC2=CC[C@H](c3cc(F)c(F)cc3F)[C@@H]([NH3+])C2)c1. The third kappa shape index (κ3) is 4.31. The van der Waals surface area contributed by atoms with Gasteiger partial charge in [-0.2, -0.15) is 0 Å². The summed E-state index contributed by atoms with van der Waals surface area (Å²) in [5, 5.41) is 0. The van der Waals surface area contributed by atoms with Gasteiger partial charge in [-0.25, -0.2) is 13.2 Å². The molecule has 3 rings (SSSR count). The Morgan fingerprint density at radius 2 is 1.89 bits per heavy atom. The zero-order valence-electron chi connectivity index (χ0n) is 14.6. The fourth-order valence-electron chi connectivity index (χ4n) is 3.28. The highest BCUT2D eigenvalue weighted by Gasteiger charge is 2.30. The molecule has 1 aliphatic carbocycles. The van der Waals surface area contributed by atoms with E-state index in [0.717, 1.165) is 11.6 Å². The van der Waals surface area contributed by atoms with Gasteiger partial charge in [0.2, 0.25) is 5.91 Å². The summed E-state index contributed by atoms with van der Waals surface area (Å²) in [4.78, 5) is 11.2. The number of hydrogen-bond acceptors (Lipinski definition) is 2. The van der Waals surface area contributed by atoms with Crippen LogP contribution in [0.2, 0.25) is 0 Å². The molecular weight excluding hydrogens is 357 g/mol. The lowest BCUT2D eigenvalue weighted by Crippen LogP contribution is -2.64. The van der Waals surface area contributed by atoms with Gasteiger partial charge in [0.1, 0.15) is 18.2 Å². The molecule has 4 nitrogen and oxygen atoms in total. The predicted molar refractivity (Wildman–Crippen MR) is 93.5 cm³/mol. The standard InChI is InChI=1S/C20H19F3N2O2/c21-16-9-18(23)17(22)8-15(16)14-5-4-11(6-19(14)24)10-27-13-3-1-2-12(7-13)20(25)26/h1-4,7-9,14,19H,5-6,10,24H2,(H2,25,26)/p+1/t14-,19+/m1/s1. The van der Waals surface area contributed by atoms with Crippen LogP contribution in [0.4, 0.5) is 13.2 Å². The molecule has 0 spiro atoms. The van der Waals surface area contributed by atoms with Crippen LogP contribution in [0.25, 0.3) is 0 Å². The van der Waals surface area contributed by atoms with Crippen molar-refractivity contribution in [2.75, 3.05) is 6.61 Å². The van der Waals surface area contributed by atoms with Crippen LogP contribution in [-0.2, 0) is 0 Å². The number of nitrogens with two attached hydrogens (primary N) is 1. The molecule has 27 heavy (non-hydrogen) atoms. The van der Waals surface area contributed by atoms with E-state index >= 15 is 0 Å². The maximum Gasteiger partial charge on any atom is 0.248 e. The van der Waals surface area contributed by atoms with Crippen LogP contribution < -0.4 is 16.2 Å². The molecular formula is C20H20F3N2O2+. The smallest absolute Gasteiger partial charge is 0.248 e. The molecule has 0 unspecified atom stereocenters. The quantitative estimate of drug-likeness (QED) is 0.621. The van der Waals surface area contributed by atoms with E-state index in [1.165, 1.54) is 0 Å². The van der Waals surface area contributed by atoms with E-state index in [0.29, 0.717) is 36.8 Å². The minimum Gasteiger partial charge on any atom is -0.489 e. The molecule has 5 N–H and O–H groups in total. The lowest BCUT2D eigenvalue weighted by molar-refractivity contribution is -0.426. The van der Waals surface area contributed by atoms with Gasteiger partial charge in [0.15, 0.2) is 11.6 Å². The molecule has 0 saturated carbocycles. The molecule has 0 bridgehead atoms. The zero-order valence-corrected chi connectivity index (χ0v) is 14.6. The van der Waals surface area contributed by atoms with Gasteiger partial charge in [-0.3, -0.25) is 4.79 Å². The molecule has 2 aromatic carbocycles. The molecule has 142 valence electrons. The summed E-state index contributed by atoms with van der Waals surface area (Å²) >= 11 is 0. The van der Waals surface area contributed by atoms with Gasteiger partial charge in [-0.15, -0.1) is 0 Å². The number of allylic oxidation sites excluding steroid dienone is 1. The van der Waals surface area contributed by atoms with Crippen molar-refractivity contribution in [1.82, 2.24) is 0 Å². The zero-order chi connectivity index (χ0) is 19.6. The summed E-state index contributed by atoms with van der Waals surface area (Å²) in [6.45, 7) is 0.293. The maximum atomic E-state index is 14.0. The van der Waals surface area contributed by atoms with Crippen molar-refractivity contribution in [2.45, 2.75) is 24.8 Å². The van der Waals surface area contributed by atoms with Crippen molar-refractivity contribution < 1.29 is 28.4 Å². The van der Waals surface area contributed by atoms with E-state index in [1.807, 2.05) is 6.08 Å². The average Bonchev–Trinajstić information content (AvgIpc) is 2.64. The maximum absolute atomic E-state index is 14.0. The Labute approximate surface area is 154 Å². The van der Waals surface area contributed by atoms with E-state index in [1.54, 1.807) is 24.3 Å². The highest BCUT2D eigenvalue weighted by molar-refractivity contribution is 5.93. The fourth-order valence-corrected chi connectivity index (χ4v) is 3.28. The Hall–Kier alpha value is -2.80. The Morgan fingerprint density at radius 1 is 1.15 bits per heavy atom. The number of ether oxygens (including phenoxy) is 1. The topological polar surface area (TPSA) is 80.0 Å². The molecule has 0 aromatic heterocycles. The third-order valence-corrected chi connectivity index (χ3v) is 4.74. The van der Waals surface area contributed by atoms with Gasteiger partial charge in [0.25, 0.3) is 0 Å². The summed E-state index contributed by atoms with van der Waals surface area (Å²) in [5.41, 5.74) is 10.8. The van der Waals surface area contributed by atoms with Crippen molar-refractivity contribution in [2.24, 2.45) is 5.73 Å². The normalized spacial score (nSPS) is 19.5. The van der Waals surface area contributed by atoms with Gasteiger partial charge in [-0.1, -0.05) is 12.1 Å². The van der Waals surface area contributed by atoms with Crippen molar-refractivity contribution in [3.05, 3.63) is 76.6 Å². The Kier molecular flexibility index (Phi) is 5.51. The van der Waals surface area contributed by atoms with Crippen LogP contribution in [0, 0.1) is 17.5 Å². The molecule has 1 amide bonds. The van der Waals surface area contributed by atoms with Gasteiger partial charge in [0.05, 0.1) is 6.04 Å². The summed E-state index contributed by atoms with van der Waals surface area (Å²) in [7, 11) is 0. The number of hydrogen-bond donors (Lipinski definition) is 2. The summed E-state index contributed by atoms with van der Waals surface area (Å²) in [5.74, 6) is -3.37. The summed E-state index contributed by atoms with van der Waals surface area (Å²) in [6, 6.07) is 7.84. The number of primary amides is 1. The van der Waals surface area contributed by atoms with Crippen LogP contribution in [-0.4, -0.2) is 18.6 Å².